The maximum Gasteiger partial charge on any atom is 0.418 e. The van der Waals surface area contributed by atoms with Crippen LogP contribution >= 0.6 is 0 Å². The number of rotatable bonds is 6. The van der Waals surface area contributed by atoms with E-state index < -0.39 is 41.5 Å². The molecule has 2 aromatic carbocycles. The van der Waals surface area contributed by atoms with Crippen LogP contribution in [0.1, 0.15) is 56.7 Å². The molecule has 1 atom stereocenters. The number of ether oxygens (including phenoxy) is 2. The van der Waals surface area contributed by atoms with Gasteiger partial charge in [-0.3, -0.25) is 9.59 Å². The molecule has 0 aromatic heterocycles. The van der Waals surface area contributed by atoms with E-state index in [0.29, 0.717) is 49.2 Å². The molecule has 2 aliphatic carbocycles. The van der Waals surface area contributed by atoms with Crippen molar-refractivity contribution in [3.63, 3.8) is 0 Å². The van der Waals surface area contributed by atoms with Gasteiger partial charge in [-0.25, -0.2) is 23.7 Å². The van der Waals surface area contributed by atoms with Gasteiger partial charge in [-0.05, 0) is 75.4 Å². The summed E-state index contributed by atoms with van der Waals surface area (Å²) in [5.74, 6) is -1.43. The fourth-order valence-electron chi connectivity index (χ4n) is 7.00. The summed E-state index contributed by atoms with van der Waals surface area (Å²) in [6, 6.07) is 10.3. The zero-order chi connectivity index (χ0) is 33.0. The molecule has 3 fully saturated rings. The second-order valence-corrected chi connectivity index (χ2v) is 13.7. The zero-order valence-corrected chi connectivity index (χ0v) is 26.4. The molecule has 2 spiro atoms. The van der Waals surface area contributed by atoms with Crippen LogP contribution in [-0.4, -0.2) is 83.1 Å². The van der Waals surface area contributed by atoms with Crippen molar-refractivity contribution in [2.45, 2.75) is 70.2 Å². The first-order chi connectivity index (χ1) is 21.7. The maximum atomic E-state index is 13.9. The van der Waals surface area contributed by atoms with Crippen molar-refractivity contribution >= 4 is 35.7 Å². The van der Waals surface area contributed by atoms with Crippen molar-refractivity contribution in [2.75, 3.05) is 32.0 Å². The number of benzene rings is 2. The number of imide groups is 1. The van der Waals surface area contributed by atoms with E-state index in [9.17, 15) is 28.4 Å². The fourth-order valence-corrected chi connectivity index (χ4v) is 7.00. The molecule has 6 rings (SSSR count). The van der Waals surface area contributed by atoms with Gasteiger partial charge in [-0.1, -0.05) is 18.2 Å². The third-order valence-electron chi connectivity index (χ3n) is 9.21. The zero-order valence-electron chi connectivity index (χ0n) is 26.4. The van der Waals surface area contributed by atoms with Crippen LogP contribution in [0.2, 0.25) is 0 Å². The SMILES string of the molecule is CNC(=O)Nc1ccc2c(c1)CC[C@@]21OC(=O)N(CC(=O)N(Cc2ccc(F)cc2)C2CC3(C2)CN(C(=O)OC(C)(C)C)C3)C1=O. The summed E-state index contributed by atoms with van der Waals surface area (Å²) >= 11 is 0. The Labute approximate surface area is 266 Å². The third-order valence-corrected chi connectivity index (χ3v) is 9.21. The van der Waals surface area contributed by atoms with E-state index in [1.54, 1.807) is 40.1 Å². The minimum atomic E-state index is -1.53. The molecule has 6 amide bonds. The third kappa shape index (κ3) is 5.74. The van der Waals surface area contributed by atoms with Gasteiger partial charge in [0.25, 0.3) is 5.91 Å². The van der Waals surface area contributed by atoms with Crippen LogP contribution in [0.4, 0.5) is 24.5 Å². The number of anilines is 1. The summed E-state index contributed by atoms with van der Waals surface area (Å²) in [4.78, 5) is 69.2. The highest BCUT2D eigenvalue weighted by atomic mass is 19.1. The van der Waals surface area contributed by atoms with Crippen LogP contribution in [0, 0.1) is 11.2 Å². The van der Waals surface area contributed by atoms with E-state index in [2.05, 4.69) is 10.6 Å². The highest BCUT2D eigenvalue weighted by molar-refractivity contribution is 6.06. The Balaban J connectivity index is 1.15. The average Bonchev–Trinajstić information content (AvgIpc) is 3.42. The van der Waals surface area contributed by atoms with Crippen LogP contribution in [0.25, 0.3) is 0 Å². The molecule has 0 bridgehead atoms. The molecule has 13 heteroatoms. The maximum absolute atomic E-state index is 13.9. The first-order valence-corrected chi connectivity index (χ1v) is 15.4. The van der Waals surface area contributed by atoms with E-state index in [1.807, 2.05) is 20.8 Å². The number of urea groups is 1. The van der Waals surface area contributed by atoms with Crippen LogP contribution in [0.3, 0.4) is 0 Å². The van der Waals surface area contributed by atoms with Gasteiger partial charge in [-0.15, -0.1) is 0 Å². The van der Waals surface area contributed by atoms with Crippen molar-refractivity contribution in [2.24, 2.45) is 5.41 Å². The van der Waals surface area contributed by atoms with Crippen molar-refractivity contribution in [1.82, 2.24) is 20.0 Å². The average molecular weight is 636 g/mol. The van der Waals surface area contributed by atoms with Crippen molar-refractivity contribution in [3.8, 4) is 0 Å². The Morgan fingerprint density at radius 1 is 1.09 bits per heavy atom. The quantitative estimate of drug-likeness (QED) is 0.487. The van der Waals surface area contributed by atoms with Crippen molar-refractivity contribution in [3.05, 3.63) is 65.0 Å². The summed E-state index contributed by atoms with van der Waals surface area (Å²) in [6.45, 7) is 6.16. The van der Waals surface area contributed by atoms with E-state index in [-0.39, 0.29) is 36.5 Å². The molecule has 244 valence electrons. The number of hydrogen-bond donors (Lipinski definition) is 2. The number of fused-ring (bicyclic) bond motifs is 2. The Kier molecular flexibility index (Phi) is 7.68. The summed E-state index contributed by atoms with van der Waals surface area (Å²) in [6.07, 6.45) is 0.689. The van der Waals surface area contributed by atoms with E-state index >= 15 is 0 Å². The van der Waals surface area contributed by atoms with Gasteiger partial charge in [0.2, 0.25) is 11.5 Å². The predicted molar refractivity (Wildman–Crippen MR) is 163 cm³/mol. The van der Waals surface area contributed by atoms with Gasteiger partial charge in [0.05, 0.1) is 0 Å². The molecule has 2 heterocycles. The first-order valence-electron chi connectivity index (χ1n) is 15.4. The van der Waals surface area contributed by atoms with Crippen LogP contribution in [0.15, 0.2) is 42.5 Å². The monoisotopic (exact) mass is 635 g/mol. The Hall–Kier alpha value is -4.68. The van der Waals surface area contributed by atoms with Crippen LogP contribution in [-0.2, 0) is 37.6 Å². The minimum Gasteiger partial charge on any atom is -0.444 e. The van der Waals surface area contributed by atoms with Crippen molar-refractivity contribution in [1.29, 1.82) is 0 Å². The lowest BCUT2D eigenvalue weighted by Gasteiger charge is -2.60. The number of halogens is 1. The van der Waals surface area contributed by atoms with Gasteiger partial charge in [0, 0.05) is 55.8 Å². The normalized spacial score (nSPS) is 21.4. The summed E-state index contributed by atoms with van der Waals surface area (Å²) in [7, 11) is 1.50. The largest absolute Gasteiger partial charge is 0.444 e. The summed E-state index contributed by atoms with van der Waals surface area (Å²) < 4.78 is 24.8. The van der Waals surface area contributed by atoms with E-state index in [0.717, 1.165) is 10.5 Å². The lowest BCUT2D eigenvalue weighted by Crippen LogP contribution is -2.68. The van der Waals surface area contributed by atoms with E-state index in [4.69, 9.17) is 9.47 Å². The number of hydrogen-bond acceptors (Lipinski definition) is 7. The van der Waals surface area contributed by atoms with Crippen molar-refractivity contribution < 1.29 is 37.8 Å². The van der Waals surface area contributed by atoms with Crippen LogP contribution < -0.4 is 10.6 Å². The fraction of sp³-hybridized carbons (Fsp3) is 0.485. The molecule has 46 heavy (non-hydrogen) atoms. The number of likely N-dealkylation sites (tertiary alicyclic amines) is 1. The highest BCUT2D eigenvalue weighted by Gasteiger charge is 2.60. The number of aryl methyl sites for hydroxylation is 1. The topological polar surface area (TPSA) is 138 Å². The molecule has 12 nitrogen and oxygen atoms in total. The molecule has 4 aliphatic rings. The Morgan fingerprint density at radius 3 is 2.43 bits per heavy atom. The highest BCUT2D eigenvalue weighted by Crippen LogP contribution is 2.51. The number of nitrogens with zero attached hydrogens (tertiary/aromatic N) is 3. The Bertz CT molecular complexity index is 1590. The van der Waals surface area contributed by atoms with E-state index in [1.165, 1.54) is 19.2 Å². The van der Waals surface area contributed by atoms with Gasteiger partial charge in [0.1, 0.15) is 18.0 Å². The molecule has 2 aromatic rings. The predicted octanol–water partition coefficient (Wildman–Crippen LogP) is 4.13. The van der Waals surface area contributed by atoms with Gasteiger partial charge < -0.3 is 29.9 Å². The minimum absolute atomic E-state index is 0.131. The molecule has 0 radical (unpaired) electrons. The second kappa shape index (κ2) is 11.3. The number of carbonyl (C=O) groups excluding carboxylic acids is 5. The smallest absolute Gasteiger partial charge is 0.418 e. The standard InChI is InChI=1S/C33H38FN5O7/c1-31(2,3)45-29(43)37-18-32(19-37)14-24(15-32)38(16-20-5-7-22(34)8-6-20)26(40)17-39-27(41)33(46-30(39)44)12-11-21-13-23(9-10-25(21)33)36-28(42)35-4/h5-10,13,24H,11-12,14-19H2,1-4H3,(H2,35,36,42)/t33-/m1/s1. The number of carbonyl (C=O) groups is 5. The molecule has 2 aliphatic heterocycles. The molecular weight excluding hydrogens is 597 g/mol. The first kappa shape index (κ1) is 31.3. The molecular formula is C33H38FN5O7. The van der Waals surface area contributed by atoms with Gasteiger partial charge in [-0.2, -0.15) is 0 Å². The molecule has 1 saturated carbocycles. The molecule has 0 unspecified atom stereocenters. The lowest BCUT2D eigenvalue weighted by molar-refractivity contribution is -0.152. The van der Waals surface area contributed by atoms with Gasteiger partial charge >= 0.3 is 18.2 Å². The number of amides is 6. The lowest BCUT2D eigenvalue weighted by atomic mass is 9.60. The van der Waals surface area contributed by atoms with Gasteiger partial charge in [0.15, 0.2) is 0 Å². The summed E-state index contributed by atoms with van der Waals surface area (Å²) in [5, 5.41) is 5.17. The second-order valence-electron chi connectivity index (χ2n) is 13.7. The van der Waals surface area contributed by atoms with Crippen LogP contribution in [0.5, 0.6) is 0 Å². The molecule has 2 saturated heterocycles. The summed E-state index contributed by atoms with van der Waals surface area (Å²) in [5.41, 5.74) is 0.285. The number of nitrogens with one attached hydrogen (secondary N) is 2. The Morgan fingerprint density at radius 2 is 1.78 bits per heavy atom. The molecule has 2 N–H and O–H groups in total.